The first-order chi connectivity index (χ1) is 12.1. The molecule has 0 N–H and O–H groups in total. The number of hydrogen-bond acceptors (Lipinski definition) is 6. The summed E-state index contributed by atoms with van der Waals surface area (Å²) in [7, 11) is 3.03. The zero-order valence-electron chi connectivity index (χ0n) is 14.4. The molecule has 6 heteroatoms. The predicted octanol–water partition coefficient (Wildman–Crippen LogP) is 3.03. The van der Waals surface area contributed by atoms with Gasteiger partial charge in [-0.05, 0) is 31.2 Å². The highest BCUT2D eigenvalue weighted by atomic mass is 16.6. The van der Waals surface area contributed by atoms with Gasteiger partial charge in [0.2, 0.25) is 0 Å². The molecule has 0 amide bonds. The Morgan fingerprint density at radius 2 is 1.28 bits per heavy atom. The third kappa shape index (κ3) is 4.73. The van der Waals surface area contributed by atoms with E-state index in [2.05, 4.69) is 0 Å². The second kappa shape index (κ2) is 8.73. The number of methoxy groups -OCH3 is 2. The first-order valence-corrected chi connectivity index (χ1v) is 7.68. The SMILES string of the molecule is COc1cc(C(=O)OCCOC(=O)c2ccccc2)cc(OC)c1C. The smallest absolute Gasteiger partial charge is 0.338 e. The average molecular weight is 344 g/mol. The molecule has 0 aliphatic carbocycles. The minimum absolute atomic E-state index is 0.0282. The van der Waals surface area contributed by atoms with Crippen molar-refractivity contribution >= 4 is 11.9 Å². The van der Waals surface area contributed by atoms with Crippen molar-refractivity contribution in [3.8, 4) is 11.5 Å². The summed E-state index contributed by atoms with van der Waals surface area (Å²) >= 11 is 0. The van der Waals surface area contributed by atoms with Crippen LogP contribution < -0.4 is 9.47 Å². The largest absolute Gasteiger partial charge is 0.496 e. The summed E-state index contributed by atoms with van der Waals surface area (Å²) in [5.41, 5.74) is 1.54. The Morgan fingerprint density at radius 3 is 1.76 bits per heavy atom. The molecule has 2 rings (SSSR count). The van der Waals surface area contributed by atoms with Crippen molar-refractivity contribution in [2.45, 2.75) is 6.92 Å². The van der Waals surface area contributed by atoms with E-state index in [9.17, 15) is 9.59 Å². The van der Waals surface area contributed by atoms with Crippen LogP contribution in [0.15, 0.2) is 42.5 Å². The van der Waals surface area contributed by atoms with E-state index < -0.39 is 11.9 Å². The van der Waals surface area contributed by atoms with Gasteiger partial charge in [-0.25, -0.2) is 9.59 Å². The summed E-state index contributed by atoms with van der Waals surface area (Å²) < 4.78 is 20.6. The molecule has 0 atom stereocenters. The van der Waals surface area contributed by atoms with Crippen molar-refractivity contribution in [1.29, 1.82) is 0 Å². The normalized spacial score (nSPS) is 10.0. The molecular formula is C19H20O6. The lowest BCUT2D eigenvalue weighted by atomic mass is 10.1. The van der Waals surface area contributed by atoms with E-state index in [0.29, 0.717) is 22.6 Å². The van der Waals surface area contributed by atoms with Gasteiger partial charge in [-0.2, -0.15) is 0 Å². The summed E-state index contributed by atoms with van der Waals surface area (Å²) in [4.78, 5) is 23.9. The van der Waals surface area contributed by atoms with Gasteiger partial charge in [-0.3, -0.25) is 0 Å². The highest BCUT2D eigenvalue weighted by molar-refractivity contribution is 5.91. The zero-order chi connectivity index (χ0) is 18.2. The standard InChI is InChI=1S/C19H20O6/c1-13-16(22-2)11-15(12-17(13)23-3)19(21)25-10-9-24-18(20)14-7-5-4-6-8-14/h4-8,11-12H,9-10H2,1-3H3. The zero-order valence-corrected chi connectivity index (χ0v) is 14.4. The summed E-state index contributed by atoms with van der Waals surface area (Å²) in [5.74, 6) is 0.0475. The number of carbonyl (C=O) groups excluding carboxylic acids is 2. The minimum atomic E-state index is -0.549. The fourth-order valence-electron chi connectivity index (χ4n) is 2.21. The van der Waals surface area contributed by atoms with Crippen molar-refractivity contribution < 1.29 is 28.5 Å². The van der Waals surface area contributed by atoms with Crippen molar-refractivity contribution in [2.75, 3.05) is 27.4 Å². The van der Waals surface area contributed by atoms with Crippen LogP contribution in [0.2, 0.25) is 0 Å². The highest BCUT2D eigenvalue weighted by Crippen LogP contribution is 2.29. The molecule has 0 radical (unpaired) electrons. The molecule has 25 heavy (non-hydrogen) atoms. The number of esters is 2. The molecule has 0 saturated heterocycles. The molecule has 0 spiro atoms. The summed E-state index contributed by atoms with van der Waals surface area (Å²) in [5, 5.41) is 0. The Labute approximate surface area is 146 Å². The van der Waals surface area contributed by atoms with E-state index in [1.54, 1.807) is 36.4 Å². The van der Waals surface area contributed by atoms with Crippen molar-refractivity contribution in [3.05, 3.63) is 59.2 Å². The van der Waals surface area contributed by atoms with Crippen LogP contribution in [-0.4, -0.2) is 39.4 Å². The molecule has 132 valence electrons. The number of ether oxygens (including phenoxy) is 4. The summed E-state index contributed by atoms with van der Waals surface area (Å²) in [6.07, 6.45) is 0. The van der Waals surface area contributed by atoms with Gasteiger partial charge in [0.15, 0.2) is 0 Å². The van der Waals surface area contributed by atoms with Crippen molar-refractivity contribution in [2.24, 2.45) is 0 Å². The van der Waals surface area contributed by atoms with E-state index >= 15 is 0 Å². The van der Waals surface area contributed by atoms with Gasteiger partial charge in [-0.1, -0.05) is 18.2 Å². The molecule has 0 bridgehead atoms. The summed E-state index contributed by atoms with van der Waals surface area (Å²) in [6.45, 7) is 1.76. The van der Waals surface area contributed by atoms with Crippen LogP contribution in [0.3, 0.4) is 0 Å². The van der Waals surface area contributed by atoms with E-state index in [4.69, 9.17) is 18.9 Å². The van der Waals surface area contributed by atoms with Crippen molar-refractivity contribution in [3.63, 3.8) is 0 Å². The maximum Gasteiger partial charge on any atom is 0.338 e. The second-order valence-electron chi connectivity index (χ2n) is 5.14. The molecule has 0 fully saturated rings. The maximum atomic E-state index is 12.1. The van der Waals surface area contributed by atoms with E-state index in [1.165, 1.54) is 14.2 Å². The van der Waals surface area contributed by atoms with Crippen LogP contribution in [-0.2, 0) is 9.47 Å². The molecule has 0 aliphatic rings. The lowest BCUT2D eigenvalue weighted by molar-refractivity contribution is 0.0265. The molecule has 0 aliphatic heterocycles. The van der Waals surface area contributed by atoms with Gasteiger partial charge in [0.25, 0.3) is 0 Å². The Bertz CT molecular complexity index is 714. The molecule has 0 unspecified atom stereocenters. The van der Waals surface area contributed by atoms with Crippen molar-refractivity contribution in [1.82, 2.24) is 0 Å². The molecule has 0 aromatic heterocycles. The van der Waals surface area contributed by atoms with Crippen LogP contribution >= 0.6 is 0 Å². The Hall–Kier alpha value is -3.02. The third-order valence-corrected chi connectivity index (χ3v) is 3.55. The first-order valence-electron chi connectivity index (χ1n) is 7.68. The molecular weight excluding hydrogens is 324 g/mol. The number of rotatable bonds is 7. The van der Waals surface area contributed by atoms with E-state index in [1.807, 2.05) is 13.0 Å². The van der Waals surface area contributed by atoms with Gasteiger partial charge in [0.1, 0.15) is 24.7 Å². The van der Waals surface area contributed by atoms with Gasteiger partial charge in [-0.15, -0.1) is 0 Å². The summed E-state index contributed by atoms with van der Waals surface area (Å²) in [6, 6.07) is 11.8. The van der Waals surface area contributed by atoms with Crippen LogP contribution in [0.5, 0.6) is 11.5 Å². The first kappa shape index (κ1) is 18.3. The average Bonchev–Trinajstić information content (AvgIpc) is 2.65. The lowest BCUT2D eigenvalue weighted by Crippen LogP contribution is -2.14. The minimum Gasteiger partial charge on any atom is -0.496 e. The highest BCUT2D eigenvalue weighted by Gasteiger charge is 2.15. The topological polar surface area (TPSA) is 71.1 Å². The monoisotopic (exact) mass is 344 g/mol. The molecule has 2 aromatic rings. The fourth-order valence-corrected chi connectivity index (χ4v) is 2.21. The molecule has 2 aromatic carbocycles. The fraction of sp³-hybridized carbons (Fsp3) is 0.263. The van der Waals surface area contributed by atoms with Gasteiger partial charge in [0, 0.05) is 5.56 Å². The van der Waals surface area contributed by atoms with Crippen LogP contribution in [0.4, 0.5) is 0 Å². The second-order valence-corrected chi connectivity index (χ2v) is 5.14. The third-order valence-electron chi connectivity index (χ3n) is 3.55. The number of carbonyl (C=O) groups is 2. The van der Waals surface area contributed by atoms with Gasteiger partial charge in [0.05, 0.1) is 25.3 Å². The van der Waals surface area contributed by atoms with Gasteiger partial charge < -0.3 is 18.9 Å². The molecule has 0 saturated carbocycles. The quantitative estimate of drug-likeness (QED) is 0.568. The Morgan fingerprint density at radius 1 is 0.800 bits per heavy atom. The lowest BCUT2D eigenvalue weighted by Gasteiger charge is -2.12. The van der Waals surface area contributed by atoms with Crippen LogP contribution in [0.1, 0.15) is 26.3 Å². The Kier molecular flexibility index (Phi) is 6.39. The van der Waals surface area contributed by atoms with E-state index in [0.717, 1.165) is 5.56 Å². The van der Waals surface area contributed by atoms with E-state index in [-0.39, 0.29) is 13.2 Å². The molecule has 6 nitrogen and oxygen atoms in total. The molecule has 0 heterocycles. The predicted molar refractivity (Wildman–Crippen MR) is 91.3 cm³/mol. The maximum absolute atomic E-state index is 12.1. The Balaban J connectivity index is 1.89. The van der Waals surface area contributed by atoms with Crippen LogP contribution in [0, 0.1) is 6.92 Å². The number of benzene rings is 2. The number of hydrogen-bond donors (Lipinski definition) is 0. The van der Waals surface area contributed by atoms with Gasteiger partial charge >= 0.3 is 11.9 Å². The van der Waals surface area contributed by atoms with Crippen LogP contribution in [0.25, 0.3) is 0 Å².